The van der Waals surface area contributed by atoms with E-state index in [2.05, 4.69) is 24.5 Å². The molecule has 1 atom stereocenters. The molecule has 1 aromatic rings. The maximum Gasteiger partial charge on any atom is 0.319 e. The summed E-state index contributed by atoms with van der Waals surface area (Å²) in [4.78, 5) is 12.0. The summed E-state index contributed by atoms with van der Waals surface area (Å²) in [7, 11) is 0. The monoisotopic (exact) mass is 292 g/mol. The predicted octanol–water partition coefficient (Wildman–Crippen LogP) is 3.73. The van der Waals surface area contributed by atoms with Gasteiger partial charge in [-0.2, -0.15) is 0 Å². The van der Waals surface area contributed by atoms with Gasteiger partial charge in [-0.25, -0.2) is 4.79 Å². The van der Waals surface area contributed by atoms with E-state index in [4.69, 9.17) is 0 Å². The van der Waals surface area contributed by atoms with Gasteiger partial charge in [-0.15, -0.1) is 0 Å². The second-order valence-corrected chi connectivity index (χ2v) is 6.77. The first kappa shape index (κ1) is 17.5. The first-order chi connectivity index (χ1) is 9.71. The molecule has 1 unspecified atom stereocenters. The number of hydrogen-bond acceptors (Lipinski definition) is 2. The molecule has 0 aliphatic heterocycles. The van der Waals surface area contributed by atoms with Crippen molar-refractivity contribution in [2.45, 2.75) is 53.1 Å². The molecule has 0 heterocycles. The average Bonchev–Trinajstić information content (AvgIpc) is 2.35. The van der Waals surface area contributed by atoms with E-state index in [0.717, 1.165) is 11.3 Å². The highest BCUT2D eigenvalue weighted by Gasteiger charge is 2.21. The lowest BCUT2D eigenvalue weighted by atomic mass is 9.87. The summed E-state index contributed by atoms with van der Waals surface area (Å²) in [5.41, 5.74) is 1.83. The van der Waals surface area contributed by atoms with Crippen LogP contribution in [0.2, 0.25) is 0 Å². The van der Waals surface area contributed by atoms with Crippen molar-refractivity contribution in [2.75, 3.05) is 11.9 Å². The molecule has 0 spiro atoms. The van der Waals surface area contributed by atoms with Gasteiger partial charge in [0.05, 0.1) is 6.10 Å². The zero-order valence-corrected chi connectivity index (χ0v) is 13.7. The van der Waals surface area contributed by atoms with Crippen molar-refractivity contribution in [1.82, 2.24) is 5.32 Å². The predicted molar refractivity (Wildman–Crippen MR) is 87.6 cm³/mol. The van der Waals surface area contributed by atoms with Gasteiger partial charge in [-0.05, 0) is 36.3 Å². The van der Waals surface area contributed by atoms with Gasteiger partial charge in [0.25, 0.3) is 0 Å². The lowest BCUT2D eigenvalue weighted by molar-refractivity contribution is 0.129. The number of aliphatic hydroxyl groups excluding tert-OH is 1. The highest BCUT2D eigenvalue weighted by molar-refractivity contribution is 5.90. The van der Waals surface area contributed by atoms with Gasteiger partial charge in [0, 0.05) is 12.2 Å². The summed E-state index contributed by atoms with van der Waals surface area (Å²) in [5, 5.41) is 15.2. The Morgan fingerprint density at radius 3 is 2.43 bits per heavy atom. The Morgan fingerprint density at radius 2 is 1.86 bits per heavy atom. The quantitative estimate of drug-likeness (QED) is 0.748. The third-order valence-electron chi connectivity index (χ3n) is 3.41. The first-order valence-corrected chi connectivity index (χ1v) is 7.53. The summed E-state index contributed by atoms with van der Waals surface area (Å²) in [6.07, 6.45) is 0.280. The molecule has 0 fully saturated rings. The minimum Gasteiger partial charge on any atom is -0.393 e. The maximum atomic E-state index is 12.0. The number of amides is 2. The molecule has 1 aromatic carbocycles. The zero-order chi connectivity index (χ0) is 16.0. The van der Waals surface area contributed by atoms with Gasteiger partial charge in [0.2, 0.25) is 0 Å². The van der Waals surface area contributed by atoms with Crippen molar-refractivity contribution in [3.8, 4) is 0 Å². The third kappa shape index (κ3) is 6.17. The van der Waals surface area contributed by atoms with Crippen LogP contribution < -0.4 is 10.6 Å². The second-order valence-electron chi connectivity index (χ2n) is 6.77. The van der Waals surface area contributed by atoms with Crippen molar-refractivity contribution in [2.24, 2.45) is 5.41 Å². The Labute approximate surface area is 128 Å². The summed E-state index contributed by atoms with van der Waals surface area (Å²) < 4.78 is 0. The van der Waals surface area contributed by atoms with Crippen LogP contribution in [-0.4, -0.2) is 23.8 Å². The van der Waals surface area contributed by atoms with E-state index in [9.17, 15) is 9.90 Å². The van der Waals surface area contributed by atoms with Crippen molar-refractivity contribution < 1.29 is 9.90 Å². The van der Waals surface area contributed by atoms with Crippen molar-refractivity contribution in [3.63, 3.8) is 0 Å². The van der Waals surface area contributed by atoms with Crippen LogP contribution >= 0.6 is 0 Å². The van der Waals surface area contributed by atoms with Gasteiger partial charge in [-0.3, -0.25) is 0 Å². The van der Waals surface area contributed by atoms with E-state index in [1.807, 2.05) is 38.1 Å². The summed E-state index contributed by atoms with van der Waals surface area (Å²) >= 11 is 0. The van der Waals surface area contributed by atoms with Crippen LogP contribution in [0, 0.1) is 5.41 Å². The van der Waals surface area contributed by atoms with Crippen LogP contribution in [0.1, 0.15) is 52.5 Å². The number of anilines is 1. The van der Waals surface area contributed by atoms with Crippen molar-refractivity contribution in [3.05, 3.63) is 29.8 Å². The third-order valence-corrected chi connectivity index (χ3v) is 3.41. The highest BCUT2D eigenvalue weighted by atomic mass is 16.3. The molecule has 0 bridgehead atoms. The first-order valence-electron chi connectivity index (χ1n) is 7.53. The van der Waals surface area contributed by atoms with Crippen LogP contribution in [0.5, 0.6) is 0 Å². The normalized spacial score (nSPS) is 13.1. The molecule has 21 heavy (non-hydrogen) atoms. The Balaban J connectivity index is 2.59. The molecular weight excluding hydrogens is 264 g/mol. The fourth-order valence-corrected chi connectivity index (χ4v) is 2.47. The molecule has 118 valence electrons. The van der Waals surface area contributed by atoms with Crippen LogP contribution in [0.15, 0.2) is 24.3 Å². The minimum absolute atomic E-state index is 0.136. The minimum atomic E-state index is -0.369. The molecule has 1 rings (SSSR count). The Bertz CT molecular complexity index is 468. The largest absolute Gasteiger partial charge is 0.393 e. The Morgan fingerprint density at radius 1 is 1.24 bits per heavy atom. The standard InChI is InChI=1S/C17H28N2O2/c1-12(2)14-8-6-7-9-15(14)19-16(21)18-11-17(4,5)10-13(3)20/h6-9,12-13,20H,10-11H2,1-5H3,(H2,18,19,21). The molecule has 4 heteroatoms. The van der Waals surface area contributed by atoms with E-state index in [1.165, 1.54) is 0 Å². The van der Waals surface area contributed by atoms with Crippen LogP contribution in [0.3, 0.4) is 0 Å². The molecular formula is C17H28N2O2. The van der Waals surface area contributed by atoms with Crippen LogP contribution in [0.4, 0.5) is 10.5 Å². The fraction of sp³-hybridized carbons (Fsp3) is 0.588. The Hall–Kier alpha value is -1.55. The molecule has 2 amide bonds. The molecule has 0 aromatic heterocycles. The topological polar surface area (TPSA) is 61.4 Å². The molecule has 0 radical (unpaired) electrons. The van der Waals surface area contributed by atoms with E-state index in [0.29, 0.717) is 18.9 Å². The second kappa shape index (κ2) is 7.46. The van der Waals surface area contributed by atoms with Gasteiger partial charge in [0.1, 0.15) is 0 Å². The zero-order valence-electron chi connectivity index (χ0n) is 13.7. The van der Waals surface area contributed by atoms with Gasteiger partial charge in [-0.1, -0.05) is 45.9 Å². The summed E-state index contributed by atoms with van der Waals surface area (Å²) in [6.45, 7) is 10.5. The summed E-state index contributed by atoms with van der Waals surface area (Å²) in [5.74, 6) is 0.355. The molecule has 0 aliphatic rings. The van der Waals surface area contributed by atoms with Crippen LogP contribution in [-0.2, 0) is 0 Å². The molecule has 4 nitrogen and oxygen atoms in total. The lowest BCUT2D eigenvalue weighted by Crippen LogP contribution is -2.38. The number of nitrogens with one attached hydrogen (secondary N) is 2. The molecule has 0 saturated heterocycles. The van der Waals surface area contributed by atoms with E-state index >= 15 is 0 Å². The van der Waals surface area contributed by atoms with Crippen LogP contribution in [0.25, 0.3) is 0 Å². The van der Waals surface area contributed by atoms with Gasteiger partial charge < -0.3 is 15.7 Å². The fourth-order valence-electron chi connectivity index (χ4n) is 2.47. The number of carbonyl (C=O) groups is 1. The maximum absolute atomic E-state index is 12.0. The average molecular weight is 292 g/mol. The smallest absolute Gasteiger partial charge is 0.319 e. The summed E-state index contributed by atoms with van der Waals surface area (Å²) in [6, 6.07) is 7.62. The SMILES string of the molecule is CC(O)CC(C)(C)CNC(=O)Nc1ccccc1C(C)C. The van der Waals surface area contributed by atoms with Crippen molar-refractivity contribution >= 4 is 11.7 Å². The lowest BCUT2D eigenvalue weighted by Gasteiger charge is -2.26. The number of benzene rings is 1. The number of aliphatic hydroxyl groups is 1. The number of para-hydroxylation sites is 1. The number of urea groups is 1. The van der Waals surface area contributed by atoms with E-state index in [-0.39, 0.29) is 17.6 Å². The Kier molecular flexibility index (Phi) is 6.21. The van der Waals surface area contributed by atoms with Gasteiger partial charge in [0.15, 0.2) is 0 Å². The number of rotatable bonds is 6. The molecule has 0 saturated carbocycles. The molecule has 3 N–H and O–H groups in total. The number of carbonyl (C=O) groups excluding carboxylic acids is 1. The van der Waals surface area contributed by atoms with Gasteiger partial charge >= 0.3 is 6.03 Å². The molecule has 0 aliphatic carbocycles. The van der Waals surface area contributed by atoms with E-state index in [1.54, 1.807) is 6.92 Å². The van der Waals surface area contributed by atoms with Crippen molar-refractivity contribution in [1.29, 1.82) is 0 Å². The van der Waals surface area contributed by atoms with E-state index < -0.39 is 0 Å². The number of hydrogen-bond donors (Lipinski definition) is 3. The highest BCUT2D eigenvalue weighted by Crippen LogP contribution is 2.24.